The van der Waals surface area contributed by atoms with Crippen LogP contribution in [0.25, 0.3) is 0 Å². The van der Waals surface area contributed by atoms with Gasteiger partial charge in [0.15, 0.2) is 0 Å². The van der Waals surface area contributed by atoms with E-state index in [1.165, 1.54) is 11.6 Å². The zero-order valence-corrected chi connectivity index (χ0v) is 14.2. The topological polar surface area (TPSA) is 52.4 Å². The van der Waals surface area contributed by atoms with E-state index >= 15 is 0 Å². The van der Waals surface area contributed by atoms with Gasteiger partial charge in [-0.25, -0.2) is 0 Å². The summed E-state index contributed by atoms with van der Waals surface area (Å²) in [5.74, 6) is 1.36. The number of hydrogen-bond acceptors (Lipinski definition) is 3. The molecule has 0 heterocycles. The summed E-state index contributed by atoms with van der Waals surface area (Å²) in [4.78, 5) is 10.6. The molecule has 0 fully saturated rings. The molecule has 0 spiro atoms. The third-order valence-corrected chi connectivity index (χ3v) is 4.05. The van der Waals surface area contributed by atoms with E-state index < -0.39 is 0 Å². The highest BCUT2D eigenvalue weighted by Crippen LogP contribution is 2.31. The standard InChI is InChI=1S/C21H19NO3/c1-15-8-11-21(18(12-15)14-17-6-4-3-5-7-17)25-19-9-10-20(22(23)24)16(2)13-19/h3-13H,14H2,1-2H3. The number of aryl methyl sites for hydroxylation is 2. The highest BCUT2D eigenvalue weighted by Gasteiger charge is 2.12. The molecule has 0 atom stereocenters. The summed E-state index contributed by atoms with van der Waals surface area (Å²) in [5.41, 5.74) is 4.14. The highest BCUT2D eigenvalue weighted by atomic mass is 16.6. The smallest absolute Gasteiger partial charge is 0.272 e. The van der Waals surface area contributed by atoms with Gasteiger partial charge in [-0.3, -0.25) is 10.1 Å². The van der Waals surface area contributed by atoms with Crippen LogP contribution >= 0.6 is 0 Å². The van der Waals surface area contributed by atoms with Crippen LogP contribution < -0.4 is 4.74 Å². The molecule has 126 valence electrons. The minimum atomic E-state index is -0.383. The van der Waals surface area contributed by atoms with Crippen LogP contribution in [-0.4, -0.2) is 4.92 Å². The van der Waals surface area contributed by atoms with Gasteiger partial charge in [-0.1, -0.05) is 48.0 Å². The van der Waals surface area contributed by atoms with Crippen LogP contribution in [-0.2, 0) is 6.42 Å². The second-order valence-corrected chi connectivity index (χ2v) is 6.08. The third kappa shape index (κ3) is 4.04. The van der Waals surface area contributed by atoms with Gasteiger partial charge in [0, 0.05) is 18.1 Å². The third-order valence-electron chi connectivity index (χ3n) is 4.05. The second kappa shape index (κ2) is 7.18. The number of nitro benzene ring substituents is 1. The van der Waals surface area contributed by atoms with Gasteiger partial charge in [-0.2, -0.15) is 0 Å². The number of nitrogens with zero attached hydrogens (tertiary/aromatic N) is 1. The summed E-state index contributed by atoms with van der Waals surface area (Å²) in [7, 11) is 0. The number of benzene rings is 3. The molecular formula is C21H19NO3. The lowest BCUT2D eigenvalue weighted by Gasteiger charge is -2.13. The molecule has 0 saturated heterocycles. The molecular weight excluding hydrogens is 314 g/mol. The van der Waals surface area contributed by atoms with E-state index in [4.69, 9.17) is 4.74 Å². The van der Waals surface area contributed by atoms with Crippen LogP contribution in [0.15, 0.2) is 66.7 Å². The Morgan fingerprint density at radius 1 is 0.960 bits per heavy atom. The van der Waals surface area contributed by atoms with E-state index in [0.29, 0.717) is 11.3 Å². The average Bonchev–Trinajstić information content (AvgIpc) is 2.58. The Hall–Kier alpha value is -3.14. The van der Waals surface area contributed by atoms with Crippen molar-refractivity contribution in [3.8, 4) is 11.5 Å². The fourth-order valence-corrected chi connectivity index (χ4v) is 2.78. The largest absolute Gasteiger partial charge is 0.457 e. The van der Waals surface area contributed by atoms with Crippen LogP contribution in [0.5, 0.6) is 11.5 Å². The highest BCUT2D eigenvalue weighted by molar-refractivity contribution is 5.47. The predicted molar refractivity (Wildman–Crippen MR) is 98.3 cm³/mol. The fraction of sp³-hybridized carbons (Fsp3) is 0.143. The average molecular weight is 333 g/mol. The van der Waals surface area contributed by atoms with E-state index in [1.54, 1.807) is 19.1 Å². The van der Waals surface area contributed by atoms with E-state index in [1.807, 2.05) is 37.3 Å². The van der Waals surface area contributed by atoms with Crippen molar-refractivity contribution in [2.24, 2.45) is 0 Å². The lowest BCUT2D eigenvalue weighted by molar-refractivity contribution is -0.385. The Morgan fingerprint density at radius 3 is 2.40 bits per heavy atom. The van der Waals surface area contributed by atoms with Crippen LogP contribution in [0.4, 0.5) is 5.69 Å². The molecule has 3 aromatic rings. The van der Waals surface area contributed by atoms with Gasteiger partial charge in [0.1, 0.15) is 11.5 Å². The SMILES string of the molecule is Cc1ccc(Oc2ccc([N+](=O)[O-])c(C)c2)c(Cc2ccccc2)c1. The normalized spacial score (nSPS) is 10.5. The molecule has 0 N–H and O–H groups in total. The predicted octanol–water partition coefficient (Wildman–Crippen LogP) is 5.59. The summed E-state index contributed by atoms with van der Waals surface area (Å²) in [6.45, 7) is 3.76. The van der Waals surface area contributed by atoms with Crippen molar-refractivity contribution in [2.75, 3.05) is 0 Å². The van der Waals surface area contributed by atoms with Crippen molar-refractivity contribution < 1.29 is 9.66 Å². The molecule has 3 aromatic carbocycles. The molecule has 0 saturated carbocycles. The van der Waals surface area contributed by atoms with Crippen molar-refractivity contribution in [1.29, 1.82) is 0 Å². The first-order valence-corrected chi connectivity index (χ1v) is 8.09. The maximum Gasteiger partial charge on any atom is 0.272 e. The van der Waals surface area contributed by atoms with Gasteiger partial charge in [0.25, 0.3) is 5.69 Å². The van der Waals surface area contributed by atoms with Crippen molar-refractivity contribution in [1.82, 2.24) is 0 Å². The molecule has 0 aromatic heterocycles. The molecule has 0 aliphatic rings. The quantitative estimate of drug-likeness (QED) is 0.451. The monoisotopic (exact) mass is 333 g/mol. The van der Waals surface area contributed by atoms with E-state index in [9.17, 15) is 10.1 Å². The number of ether oxygens (including phenoxy) is 1. The summed E-state index contributed by atoms with van der Waals surface area (Å²) >= 11 is 0. The Kier molecular flexibility index (Phi) is 4.80. The van der Waals surface area contributed by atoms with Gasteiger partial charge in [-0.15, -0.1) is 0 Å². The van der Waals surface area contributed by atoms with Gasteiger partial charge in [0.05, 0.1) is 4.92 Å². The minimum absolute atomic E-state index is 0.0979. The maximum absolute atomic E-state index is 11.0. The Morgan fingerprint density at radius 2 is 1.72 bits per heavy atom. The molecule has 0 radical (unpaired) electrons. The van der Waals surface area contributed by atoms with Crippen LogP contribution in [0.2, 0.25) is 0 Å². The molecule has 0 bridgehead atoms. The van der Waals surface area contributed by atoms with E-state index in [2.05, 4.69) is 18.2 Å². The molecule has 0 unspecified atom stereocenters. The Bertz CT molecular complexity index is 904. The van der Waals surface area contributed by atoms with Crippen LogP contribution in [0.1, 0.15) is 22.3 Å². The van der Waals surface area contributed by atoms with Gasteiger partial charge in [-0.05, 0) is 43.2 Å². The molecule has 4 heteroatoms. The molecule has 25 heavy (non-hydrogen) atoms. The molecule has 3 rings (SSSR count). The first-order chi connectivity index (χ1) is 12.0. The Labute approximate surface area is 146 Å². The van der Waals surface area contributed by atoms with Crippen LogP contribution in [0.3, 0.4) is 0 Å². The molecule has 0 aliphatic heterocycles. The second-order valence-electron chi connectivity index (χ2n) is 6.08. The lowest BCUT2D eigenvalue weighted by Crippen LogP contribution is -1.96. The zero-order chi connectivity index (χ0) is 17.8. The number of nitro groups is 1. The van der Waals surface area contributed by atoms with Crippen LogP contribution in [0, 0.1) is 24.0 Å². The summed E-state index contributed by atoms with van der Waals surface area (Å²) in [6, 6.07) is 21.1. The van der Waals surface area contributed by atoms with Crippen molar-refractivity contribution in [3.63, 3.8) is 0 Å². The van der Waals surface area contributed by atoms with E-state index in [0.717, 1.165) is 23.3 Å². The first kappa shape index (κ1) is 16.7. The number of hydrogen-bond donors (Lipinski definition) is 0. The zero-order valence-electron chi connectivity index (χ0n) is 14.2. The maximum atomic E-state index is 11.0. The summed E-state index contributed by atoms with van der Waals surface area (Å²) < 4.78 is 6.03. The fourth-order valence-electron chi connectivity index (χ4n) is 2.78. The summed E-state index contributed by atoms with van der Waals surface area (Å²) in [6.07, 6.45) is 0.768. The minimum Gasteiger partial charge on any atom is -0.457 e. The van der Waals surface area contributed by atoms with Crippen molar-refractivity contribution >= 4 is 5.69 Å². The lowest BCUT2D eigenvalue weighted by atomic mass is 10.0. The van der Waals surface area contributed by atoms with E-state index in [-0.39, 0.29) is 10.6 Å². The molecule has 0 amide bonds. The molecule has 4 nitrogen and oxygen atoms in total. The summed E-state index contributed by atoms with van der Waals surface area (Å²) in [5, 5.41) is 11.0. The van der Waals surface area contributed by atoms with Crippen molar-refractivity contribution in [2.45, 2.75) is 20.3 Å². The van der Waals surface area contributed by atoms with Gasteiger partial charge >= 0.3 is 0 Å². The molecule has 0 aliphatic carbocycles. The number of rotatable bonds is 5. The van der Waals surface area contributed by atoms with Crippen molar-refractivity contribution in [3.05, 3.63) is 99.1 Å². The van der Waals surface area contributed by atoms with Gasteiger partial charge < -0.3 is 4.74 Å². The first-order valence-electron chi connectivity index (χ1n) is 8.09. The van der Waals surface area contributed by atoms with Gasteiger partial charge in [0.2, 0.25) is 0 Å². The Balaban J connectivity index is 1.90.